The fraction of sp³-hybridized carbons (Fsp3) is 0.310. The zero-order valence-electron chi connectivity index (χ0n) is 22.4. The summed E-state index contributed by atoms with van der Waals surface area (Å²) in [5, 5.41) is 3.16. The second kappa shape index (κ2) is 13.3. The lowest BCUT2D eigenvalue weighted by Gasteiger charge is -2.33. The third-order valence-corrected chi connectivity index (χ3v) is 8.57. The van der Waals surface area contributed by atoms with Crippen molar-refractivity contribution in [2.75, 3.05) is 17.4 Å². The Bertz CT molecular complexity index is 1430. The summed E-state index contributed by atoms with van der Waals surface area (Å²) < 4.78 is 28.8. The normalized spacial score (nSPS) is 12.1. The molecule has 0 spiro atoms. The van der Waals surface area contributed by atoms with E-state index in [1.807, 2.05) is 45.0 Å². The van der Waals surface area contributed by atoms with Crippen molar-refractivity contribution in [3.05, 3.63) is 93.5 Å². The molecule has 0 aliphatic carbocycles. The van der Waals surface area contributed by atoms with Gasteiger partial charge in [0.2, 0.25) is 11.8 Å². The smallest absolute Gasteiger partial charge is 0.264 e. The van der Waals surface area contributed by atoms with Crippen LogP contribution in [0.5, 0.6) is 0 Å². The number of aryl methyl sites for hydroxylation is 2. The first-order chi connectivity index (χ1) is 18.5. The van der Waals surface area contributed by atoms with E-state index in [-0.39, 0.29) is 33.1 Å². The Morgan fingerprint density at radius 2 is 1.62 bits per heavy atom. The molecule has 0 heterocycles. The summed E-state index contributed by atoms with van der Waals surface area (Å²) in [5.74, 6) is -0.865. The molecule has 39 heavy (non-hydrogen) atoms. The first kappa shape index (κ1) is 30.5. The molecule has 10 heteroatoms. The molecule has 0 aromatic heterocycles. The van der Waals surface area contributed by atoms with Crippen molar-refractivity contribution in [1.82, 2.24) is 10.2 Å². The summed E-state index contributed by atoms with van der Waals surface area (Å²) in [7, 11) is -4.24. The van der Waals surface area contributed by atoms with E-state index in [1.165, 1.54) is 35.2 Å². The van der Waals surface area contributed by atoms with Crippen LogP contribution in [-0.4, -0.2) is 44.3 Å². The molecule has 3 rings (SSSR count). The number of carbonyl (C=O) groups excluding carboxylic acids is 2. The van der Waals surface area contributed by atoms with Gasteiger partial charge in [-0.05, 0) is 63.1 Å². The van der Waals surface area contributed by atoms with Crippen LogP contribution in [0.25, 0.3) is 0 Å². The van der Waals surface area contributed by atoms with Gasteiger partial charge < -0.3 is 10.2 Å². The Hall–Kier alpha value is -3.07. The number of likely N-dealkylation sites (N-methyl/N-ethyl adjacent to an activating group) is 1. The highest BCUT2D eigenvalue weighted by atomic mass is 35.5. The lowest BCUT2D eigenvalue weighted by molar-refractivity contribution is -0.140. The minimum Gasteiger partial charge on any atom is -0.355 e. The molecule has 3 aromatic rings. The number of hydrogen-bond acceptors (Lipinski definition) is 4. The Labute approximate surface area is 240 Å². The number of amides is 2. The molecule has 0 saturated carbocycles. The van der Waals surface area contributed by atoms with Gasteiger partial charge in [0, 0.05) is 18.1 Å². The minimum absolute atomic E-state index is 0.00190. The van der Waals surface area contributed by atoms with Crippen LogP contribution in [0.2, 0.25) is 10.0 Å². The zero-order valence-corrected chi connectivity index (χ0v) is 24.8. The van der Waals surface area contributed by atoms with Gasteiger partial charge in [0.1, 0.15) is 12.6 Å². The van der Waals surface area contributed by atoms with Crippen LogP contribution >= 0.6 is 23.2 Å². The summed E-state index contributed by atoms with van der Waals surface area (Å²) in [6.07, 6.45) is 0.339. The number of rotatable bonds is 11. The fourth-order valence-electron chi connectivity index (χ4n) is 4.25. The highest BCUT2D eigenvalue weighted by molar-refractivity contribution is 7.92. The van der Waals surface area contributed by atoms with Gasteiger partial charge in [-0.25, -0.2) is 8.42 Å². The number of benzene rings is 3. The van der Waals surface area contributed by atoms with Crippen LogP contribution in [0.15, 0.2) is 71.6 Å². The SMILES string of the molecule is CCNC(=O)C(CC)N(Cc1cccc(C)c1)C(=O)CN(c1cc(Cl)ccc1Cl)S(=O)(=O)c1ccc(C)cc1. The highest BCUT2D eigenvalue weighted by Crippen LogP contribution is 2.33. The molecular weight excluding hydrogens is 557 g/mol. The van der Waals surface area contributed by atoms with Crippen molar-refractivity contribution in [2.24, 2.45) is 0 Å². The Kier molecular flexibility index (Phi) is 10.4. The van der Waals surface area contributed by atoms with Gasteiger partial charge in [-0.3, -0.25) is 13.9 Å². The Morgan fingerprint density at radius 3 is 2.23 bits per heavy atom. The van der Waals surface area contributed by atoms with Crippen molar-refractivity contribution in [3.63, 3.8) is 0 Å². The molecule has 1 N–H and O–H groups in total. The lowest BCUT2D eigenvalue weighted by Crippen LogP contribution is -2.52. The predicted octanol–water partition coefficient (Wildman–Crippen LogP) is 5.75. The third-order valence-electron chi connectivity index (χ3n) is 6.24. The maximum atomic E-state index is 14.0. The van der Waals surface area contributed by atoms with Crippen molar-refractivity contribution >= 4 is 50.7 Å². The van der Waals surface area contributed by atoms with E-state index in [9.17, 15) is 18.0 Å². The molecule has 0 saturated heterocycles. The summed E-state index contributed by atoms with van der Waals surface area (Å²) >= 11 is 12.7. The number of anilines is 1. The molecule has 1 unspecified atom stereocenters. The second-order valence-corrected chi connectivity index (χ2v) is 12.0. The lowest BCUT2D eigenvalue weighted by atomic mass is 10.1. The molecule has 0 bridgehead atoms. The number of halogens is 2. The van der Waals surface area contributed by atoms with Gasteiger partial charge in [0.05, 0.1) is 15.6 Å². The third kappa shape index (κ3) is 7.53. The Morgan fingerprint density at radius 1 is 0.923 bits per heavy atom. The van der Waals surface area contributed by atoms with Crippen molar-refractivity contribution in [1.29, 1.82) is 0 Å². The summed E-state index contributed by atoms with van der Waals surface area (Å²) in [4.78, 5) is 28.4. The molecule has 1 atom stereocenters. The highest BCUT2D eigenvalue weighted by Gasteiger charge is 2.34. The van der Waals surface area contributed by atoms with E-state index in [0.717, 1.165) is 21.0 Å². The van der Waals surface area contributed by atoms with E-state index in [2.05, 4.69) is 5.32 Å². The van der Waals surface area contributed by atoms with Crippen LogP contribution in [0.3, 0.4) is 0 Å². The fourth-order valence-corrected chi connectivity index (χ4v) is 6.11. The number of hydrogen-bond donors (Lipinski definition) is 1. The average molecular weight is 591 g/mol. The van der Waals surface area contributed by atoms with Crippen molar-refractivity contribution in [3.8, 4) is 0 Å². The molecule has 7 nitrogen and oxygen atoms in total. The second-order valence-electron chi connectivity index (χ2n) is 9.25. The number of nitrogens with one attached hydrogen (secondary N) is 1. The molecule has 0 aliphatic heterocycles. The topological polar surface area (TPSA) is 86.8 Å². The molecular formula is C29H33Cl2N3O4S. The quantitative estimate of drug-likeness (QED) is 0.308. The molecule has 2 amide bonds. The molecule has 3 aromatic carbocycles. The average Bonchev–Trinajstić information content (AvgIpc) is 2.89. The van der Waals surface area contributed by atoms with Gasteiger partial charge in [-0.15, -0.1) is 0 Å². The van der Waals surface area contributed by atoms with E-state index >= 15 is 0 Å². The van der Waals surface area contributed by atoms with Gasteiger partial charge >= 0.3 is 0 Å². The maximum Gasteiger partial charge on any atom is 0.264 e. The molecule has 0 radical (unpaired) electrons. The number of carbonyl (C=O) groups is 2. The summed E-state index contributed by atoms with van der Waals surface area (Å²) in [5.41, 5.74) is 2.77. The number of nitrogens with zero attached hydrogens (tertiary/aromatic N) is 2. The summed E-state index contributed by atoms with van der Waals surface area (Å²) in [6, 6.07) is 17.6. The monoisotopic (exact) mass is 589 g/mol. The van der Waals surface area contributed by atoms with Crippen molar-refractivity contribution < 1.29 is 18.0 Å². The van der Waals surface area contributed by atoms with E-state index in [4.69, 9.17) is 23.2 Å². The largest absolute Gasteiger partial charge is 0.355 e. The summed E-state index contributed by atoms with van der Waals surface area (Å²) in [6.45, 7) is 7.33. The Balaban J connectivity index is 2.11. The molecule has 0 aliphatic rings. The van der Waals surface area contributed by atoms with Gasteiger partial charge in [0.15, 0.2) is 0 Å². The van der Waals surface area contributed by atoms with Crippen LogP contribution < -0.4 is 9.62 Å². The van der Waals surface area contributed by atoms with Gasteiger partial charge in [-0.1, -0.05) is 77.7 Å². The zero-order chi connectivity index (χ0) is 28.7. The van der Waals surface area contributed by atoms with E-state index in [1.54, 1.807) is 19.1 Å². The van der Waals surface area contributed by atoms with Crippen molar-refractivity contribution in [2.45, 2.75) is 51.6 Å². The van der Waals surface area contributed by atoms with Crippen LogP contribution in [0, 0.1) is 13.8 Å². The first-order valence-electron chi connectivity index (χ1n) is 12.6. The van der Waals surface area contributed by atoms with E-state index < -0.39 is 28.5 Å². The van der Waals surface area contributed by atoms with E-state index in [0.29, 0.717) is 13.0 Å². The van der Waals surface area contributed by atoms with Crippen LogP contribution in [0.1, 0.15) is 37.0 Å². The maximum absolute atomic E-state index is 14.0. The van der Waals surface area contributed by atoms with Gasteiger partial charge in [0.25, 0.3) is 10.0 Å². The standard InChI is InChI=1S/C29H33Cl2N3O4S/c1-5-26(29(36)32-6-2)33(18-22-9-7-8-21(4)16-22)28(35)19-34(27-17-23(30)12-15-25(27)31)39(37,38)24-13-10-20(3)11-14-24/h7-17,26H,5-6,18-19H2,1-4H3,(H,32,36). The van der Waals surface area contributed by atoms with Gasteiger partial charge in [-0.2, -0.15) is 0 Å². The van der Waals surface area contributed by atoms with Crippen LogP contribution in [0.4, 0.5) is 5.69 Å². The molecule has 0 fully saturated rings. The minimum atomic E-state index is -4.24. The number of sulfonamides is 1. The molecule has 208 valence electrons. The first-order valence-corrected chi connectivity index (χ1v) is 14.8. The van der Waals surface area contributed by atoms with Crippen LogP contribution in [-0.2, 0) is 26.2 Å². The predicted molar refractivity (Wildman–Crippen MR) is 157 cm³/mol.